The average molecular weight is 202 g/mol. The van der Waals surface area contributed by atoms with Gasteiger partial charge < -0.3 is 15.7 Å². The maximum absolute atomic E-state index is 11.2. The monoisotopic (exact) mass is 202 g/mol. The van der Waals surface area contributed by atoms with Crippen LogP contribution in [0, 0.1) is 0 Å². The summed E-state index contributed by atoms with van der Waals surface area (Å²) < 4.78 is 0. The van der Waals surface area contributed by atoms with E-state index in [4.69, 9.17) is 5.11 Å². The molecule has 14 heavy (non-hydrogen) atoms. The Bertz CT molecular complexity index is 175. The largest absolute Gasteiger partial charge is 0.394 e. The standard InChI is InChI=1S/C10H22N2O2/c1-8(7-13)12-9(14)5-6-11-10(2,3)4/h8,11,13H,5-7H2,1-4H3,(H,12,14)/t8-/m1/s1. The van der Waals surface area contributed by atoms with E-state index in [-0.39, 0.29) is 24.1 Å². The van der Waals surface area contributed by atoms with Gasteiger partial charge in [0.25, 0.3) is 0 Å². The first-order valence-corrected chi connectivity index (χ1v) is 5.00. The van der Waals surface area contributed by atoms with Crippen LogP contribution in [-0.4, -0.2) is 35.7 Å². The second kappa shape index (κ2) is 5.98. The Morgan fingerprint density at radius 3 is 2.43 bits per heavy atom. The zero-order valence-corrected chi connectivity index (χ0v) is 9.55. The molecule has 0 saturated carbocycles. The van der Waals surface area contributed by atoms with E-state index in [0.29, 0.717) is 13.0 Å². The molecule has 0 bridgehead atoms. The predicted octanol–water partition coefficient (Wildman–Crippen LogP) is 0.262. The summed E-state index contributed by atoms with van der Waals surface area (Å²) in [7, 11) is 0. The fourth-order valence-electron chi connectivity index (χ4n) is 0.944. The van der Waals surface area contributed by atoms with Crippen LogP contribution in [-0.2, 0) is 4.79 Å². The molecule has 0 aromatic heterocycles. The number of hydrogen-bond donors (Lipinski definition) is 3. The molecule has 0 saturated heterocycles. The molecule has 84 valence electrons. The van der Waals surface area contributed by atoms with Crippen LogP contribution in [0.5, 0.6) is 0 Å². The minimum atomic E-state index is -0.155. The molecule has 1 amide bonds. The molecular formula is C10H22N2O2. The summed E-state index contributed by atoms with van der Waals surface area (Å²) in [6, 6.07) is -0.155. The molecule has 0 heterocycles. The molecule has 0 aliphatic heterocycles. The second-order valence-electron chi connectivity index (χ2n) is 4.58. The van der Waals surface area contributed by atoms with Gasteiger partial charge in [-0.1, -0.05) is 0 Å². The number of nitrogens with one attached hydrogen (secondary N) is 2. The molecule has 0 aliphatic carbocycles. The SMILES string of the molecule is C[C@H](CO)NC(=O)CCNC(C)(C)C. The summed E-state index contributed by atoms with van der Waals surface area (Å²) in [6.07, 6.45) is 0.446. The molecule has 0 aliphatic rings. The molecule has 0 rings (SSSR count). The maximum atomic E-state index is 11.2. The highest BCUT2D eigenvalue weighted by Gasteiger charge is 2.10. The Morgan fingerprint density at radius 2 is 2.00 bits per heavy atom. The zero-order valence-electron chi connectivity index (χ0n) is 9.55. The quantitative estimate of drug-likeness (QED) is 0.599. The molecule has 3 N–H and O–H groups in total. The third-order valence-corrected chi connectivity index (χ3v) is 1.69. The van der Waals surface area contributed by atoms with Crippen molar-refractivity contribution < 1.29 is 9.90 Å². The van der Waals surface area contributed by atoms with Crippen LogP contribution in [0.1, 0.15) is 34.1 Å². The van der Waals surface area contributed by atoms with Crippen LogP contribution in [0.3, 0.4) is 0 Å². The van der Waals surface area contributed by atoms with Crippen LogP contribution in [0.25, 0.3) is 0 Å². The van der Waals surface area contributed by atoms with Crippen molar-refractivity contribution in [2.45, 2.75) is 45.7 Å². The minimum absolute atomic E-state index is 0.0154. The van der Waals surface area contributed by atoms with Gasteiger partial charge in [-0.25, -0.2) is 0 Å². The van der Waals surface area contributed by atoms with Gasteiger partial charge in [-0.05, 0) is 27.7 Å². The number of aliphatic hydroxyl groups excluding tert-OH is 1. The Balaban J connectivity index is 3.55. The highest BCUT2D eigenvalue weighted by molar-refractivity contribution is 5.76. The second-order valence-corrected chi connectivity index (χ2v) is 4.58. The molecule has 0 fully saturated rings. The number of amides is 1. The van der Waals surface area contributed by atoms with Gasteiger partial charge in [-0.2, -0.15) is 0 Å². The third-order valence-electron chi connectivity index (χ3n) is 1.69. The van der Waals surface area contributed by atoms with E-state index in [1.807, 2.05) is 0 Å². The summed E-state index contributed by atoms with van der Waals surface area (Å²) >= 11 is 0. The lowest BCUT2D eigenvalue weighted by molar-refractivity contribution is -0.121. The van der Waals surface area contributed by atoms with E-state index in [9.17, 15) is 4.79 Å². The summed E-state index contributed by atoms with van der Waals surface area (Å²) in [6.45, 7) is 8.59. The number of hydrogen-bond acceptors (Lipinski definition) is 3. The van der Waals surface area contributed by atoms with E-state index < -0.39 is 0 Å². The molecule has 0 unspecified atom stereocenters. The van der Waals surface area contributed by atoms with Crippen LogP contribution in [0.2, 0.25) is 0 Å². The van der Waals surface area contributed by atoms with E-state index in [1.165, 1.54) is 0 Å². The van der Waals surface area contributed by atoms with Crippen molar-refractivity contribution in [1.29, 1.82) is 0 Å². The molecule has 4 nitrogen and oxygen atoms in total. The number of carbonyl (C=O) groups is 1. The van der Waals surface area contributed by atoms with Crippen molar-refractivity contribution in [1.82, 2.24) is 10.6 Å². The number of rotatable bonds is 5. The molecular weight excluding hydrogens is 180 g/mol. The van der Waals surface area contributed by atoms with Gasteiger partial charge in [0, 0.05) is 24.5 Å². The summed E-state index contributed by atoms with van der Waals surface area (Å²) in [5.41, 5.74) is 0.0445. The lowest BCUT2D eigenvalue weighted by atomic mass is 10.1. The summed E-state index contributed by atoms with van der Waals surface area (Å²) in [5, 5.41) is 14.6. The smallest absolute Gasteiger partial charge is 0.221 e. The first-order chi connectivity index (χ1) is 6.35. The summed E-state index contributed by atoms with van der Waals surface area (Å²) in [5.74, 6) is -0.0247. The molecule has 0 spiro atoms. The summed E-state index contributed by atoms with van der Waals surface area (Å²) in [4.78, 5) is 11.2. The van der Waals surface area contributed by atoms with Gasteiger partial charge in [0.2, 0.25) is 5.91 Å². The number of carbonyl (C=O) groups excluding carboxylic acids is 1. The molecule has 0 aromatic carbocycles. The van der Waals surface area contributed by atoms with Crippen molar-refractivity contribution >= 4 is 5.91 Å². The lowest BCUT2D eigenvalue weighted by Gasteiger charge is -2.20. The van der Waals surface area contributed by atoms with E-state index >= 15 is 0 Å². The van der Waals surface area contributed by atoms with E-state index in [2.05, 4.69) is 31.4 Å². The highest BCUT2D eigenvalue weighted by Crippen LogP contribution is 1.97. The van der Waals surface area contributed by atoms with Gasteiger partial charge >= 0.3 is 0 Å². The van der Waals surface area contributed by atoms with Crippen LogP contribution >= 0.6 is 0 Å². The number of aliphatic hydroxyl groups is 1. The minimum Gasteiger partial charge on any atom is -0.394 e. The van der Waals surface area contributed by atoms with Crippen molar-refractivity contribution in [3.63, 3.8) is 0 Å². The highest BCUT2D eigenvalue weighted by atomic mass is 16.3. The van der Waals surface area contributed by atoms with Crippen LogP contribution < -0.4 is 10.6 Å². The molecule has 1 atom stereocenters. The van der Waals surface area contributed by atoms with Crippen molar-refractivity contribution in [2.75, 3.05) is 13.2 Å². The first-order valence-electron chi connectivity index (χ1n) is 5.00. The van der Waals surface area contributed by atoms with E-state index in [0.717, 1.165) is 0 Å². The molecule has 4 heteroatoms. The van der Waals surface area contributed by atoms with Gasteiger partial charge in [0.05, 0.1) is 6.61 Å². The van der Waals surface area contributed by atoms with Crippen LogP contribution in [0.4, 0.5) is 0 Å². The normalized spacial score (nSPS) is 13.8. The fourth-order valence-corrected chi connectivity index (χ4v) is 0.944. The van der Waals surface area contributed by atoms with E-state index in [1.54, 1.807) is 6.92 Å². The predicted molar refractivity (Wildman–Crippen MR) is 57.1 cm³/mol. The lowest BCUT2D eigenvalue weighted by Crippen LogP contribution is -2.40. The Morgan fingerprint density at radius 1 is 1.43 bits per heavy atom. The maximum Gasteiger partial charge on any atom is 0.221 e. The Hall–Kier alpha value is -0.610. The fraction of sp³-hybridized carbons (Fsp3) is 0.900. The Kier molecular flexibility index (Phi) is 5.72. The van der Waals surface area contributed by atoms with Crippen molar-refractivity contribution in [2.24, 2.45) is 0 Å². The first kappa shape index (κ1) is 13.4. The van der Waals surface area contributed by atoms with Crippen molar-refractivity contribution in [3.05, 3.63) is 0 Å². The van der Waals surface area contributed by atoms with Gasteiger partial charge in [-0.3, -0.25) is 4.79 Å². The molecule has 0 radical (unpaired) electrons. The van der Waals surface area contributed by atoms with Crippen LogP contribution in [0.15, 0.2) is 0 Å². The third kappa shape index (κ3) is 8.01. The zero-order chi connectivity index (χ0) is 11.2. The van der Waals surface area contributed by atoms with Gasteiger partial charge in [0.1, 0.15) is 0 Å². The Labute approximate surface area is 86.1 Å². The average Bonchev–Trinajstić information content (AvgIpc) is 2.01. The van der Waals surface area contributed by atoms with Crippen molar-refractivity contribution in [3.8, 4) is 0 Å². The molecule has 0 aromatic rings. The van der Waals surface area contributed by atoms with Gasteiger partial charge in [-0.15, -0.1) is 0 Å². The van der Waals surface area contributed by atoms with Gasteiger partial charge in [0.15, 0.2) is 0 Å². The topological polar surface area (TPSA) is 61.4 Å².